The number of nitrogens with zero attached hydrogens (tertiary/aromatic N) is 1. The first-order chi connectivity index (χ1) is 13.3. The predicted octanol–water partition coefficient (Wildman–Crippen LogP) is 3.74. The Labute approximate surface area is 181 Å². The van der Waals surface area contributed by atoms with Crippen molar-refractivity contribution in [2.75, 3.05) is 5.32 Å². The van der Waals surface area contributed by atoms with Gasteiger partial charge in [-0.25, -0.2) is 4.39 Å². The smallest absolute Gasteiger partial charge is 0.338 e. The summed E-state index contributed by atoms with van der Waals surface area (Å²) in [6.45, 7) is 2.18. The lowest BCUT2D eigenvalue weighted by molar-refractivity contribution is -0.156. The summed E-state index contributed by atoms with van der Waals surface area (Å²) >= 11 is 5.98. The monoisotopic (exact) mass is 467 g/mol. The van der Waals surface area contributed by atoms with Gasteiger partial charge in [0.15, 0.2) is 0 Å². The Morgan fingerprint density at radius 3 is 2.30 bits per heavy atom. The maximum atomic E-state index is 13.3. The molecule has 0 unspecified atom stereocenters. The zero-order valence-electron chi connectivity index (χ0n) is 15.9. The molecule has 0 aliphatic heterocycles. The summed E-state index contributed by atoms with van der Waals surface area (Å²) in [6.07, 6.45) is -4.73. The average molecular weight is 468 g/mol. The molecule has 12 heteroatoms. The number of hydrogen-bond donors (Lipinski definition) is 2. The van der Waals surface area contributed by atoms with Crippen molar-refractivity contribution in [2.24, 2.45) is 7.05 Å². The molecule has 30 heavy (non-hydrogen) atoms. The van der Waals surface area contributed by atoms with E-state index in [-0.39, 0.29) is 30.0 Å². The predicted molar refractivity (Wildman–Crippen MR) is 108 cm³/mol. The summed E-state index contributed by atoms with van der Waals surface area (Å²) in [5.74, 6) is -4.01. The van der Waals surface area contributed by atoms with E-state index in [0.29, 0.717) is 12.5 Å². The SMILES string of the molecule is Cc1cc(NC(=O)c2cc(C(=O)C(=O)N[C@@H](C)C(F)(F)F)c(Cl)n2C)ccc1F.S. The molecular formula is C18H18ClF4N3O3S. The van der Waals surface area contributed by atoms with Gasteiger partial charge in [0.05, 0.1) is 5.56 Å². The van der Waals surface area contributed by atoms with Crippen molar-refractivity contribution in [1.29, 1.82) is 0 Å². The number of anilines is 1. The van der Waals surface area contributed by atoms with E-state index >= 15 is 0 Å². The number of amides is 2. The molecule has 0 fully saturated rings. The first kappa shape index (κ1) is 25.5. The highest BCUT2D eigenvalue weighted by Gasteiger charge is 2.38. The van der Waals surface area contributed by atoms with Crippen LogP contribution in [0.1, 0.15) is 33.3 Å². The highest BCUT2D eigenvalue weighted by molar-refractivity contribution is 7.59. The molecule has 2 amide bonds. The van der Waals surface area contributed by atoms with Crippen LogP contribution < -0.4 is 10.6 Å². The molecule has 0 saturated heterocycles. The van der Waals surface area contributed by atoms with E-state index < -0.39 is 41.2 Å². The Bertz CT molecular complexity index is 992. The van der Waals surface area contributed by atoms with E-state index in [9.17, 15) is 31.9 Å². The van der Waals surface area contributed by atoms with Crippen molar-refractivity contribution in [3.63, 3.8) is 0 Å². The number of benzene rings is 1. The summed E-state index contributed by atoms with van der Waals surface area (Å²) in [7, 11) is 1.33. The van der Waals surface area contributed by atoms with Gasteiger partial charge in [-0.05, 0) is 43.7 Å². The summed E-state index contributed by atoms with van der Waals surface area (Å²) in [5.41, 5.74) is 0.00774. The number of ketones is 1. The van der Waals surface area contributed by atoms with Crippen LogP contribution in [-0.4, -0.2) is 34.4 Å². The van der Waals surface area contributed by atoms with Crippen molar-refractivity contribution < 1.29 is 31.9 Å². The number of carbonyl (C=O) groups excluding carboxylic acids is 3. The van der Waals surface area contributed by atoms with Crippen molar-refractivity contribution in [2.45, 2.75) is 26.1 Å². The first-order valence-electron chi connectivity index (χ1n) is 8.17. The Kier molecular flexibility index (Phi) is 8.09. The fourth-order valence-electron chi connectivity index (χ4n) is 2.34. The van der Waals surface area contributed by atoms with Crippen LogP contribution in [0, 0.1) is 12.7 Å². The molecule has 1 heterocycles. The molecule has 1 aromatic heterocycles. The molecular weight excluding hydrogens is 450 g/mol. The lowest BCUT2D eigenvalue weighted by Gasteiger charge is -2.16. The minimum Gasteiger partial charge on any atom is -0.338 e. The van der Waals surface area contributed by atoms with Crippen LogP contribution in [0.4, 0.5) is 23.2 Å². The third-order valence-corrected chi connectivity index (χ3v) is 4.55. The van der Waals surface area contributed by atoms with Gasteiger partial charge in [0.2, 0.25) is 0 Å². The lowest BCUT2D eigenvalue weighted by Crippen LogP contribution is -2.45. The minimum atomic E-state index is -4.73. The Hall–Kier alpha value is -2.53. The highest BCUT2D eigenvalue weighted by atomic mass is 35.5. The molecule has 0 saturated carbocycles. The average Bonchev–Trinajstić information content (AvgIpc) is 2.92. The van der Waals surface area contributed by atoms with Crippen molar-refractivity contribution in [3.05, 3.63) is 52.1 Å². The second-order valence-electron chi connectivity index (χ2n) is 6.28. The topological polar surface area (TPSA) is 80.2 Å². The van der Waals surface area contributed by atoms with E-state index in [4.69, 9.17) is 11.6 Å². The molecule has 1 atom stereocenters. The number of alkyl halides is 3. The Morgan fingerprint density at radius 1 is 1.17 bits per heavy atom. The quantitative estimate of drug-likeness (QED) is 0.399. The number of hydrogen-bond acceptors (Lipinski definition) is 3. The van der Waals surface area contributed by atoms with E-state index in [1.807, 2.05) is 0 Å². The normalized spacial score (nSPS) is 12.0. The number of halogens is 5. The molecule has 2 rings (SSSR count). The molecule has 0 bridgehead atoms. The summed E-state index contributed by atoms with van der Waals surface area (Å²) < 4.78 is 52.1. The fourth-order valence-corrected chi connectivity index (χ4v) is 2.57. The number of aromatic nitrogens is 1. The van der Waals surface area contributed by atoms with Gasteiger partial charge < -0.3 is 15.2 Å². The molecule has 164 valence electrons. The lowest BCUT2D eigenvalue weighted by atomic mass is 10.1. The second-order valence-corrected chi connectivity index (χ2v) is 6.64. The minimum absolute atomic E-state index is 0. The Morgan fingerprint density at radius 2 is 1.77 bits per heavy atom. The maximum Gasteiger partial charge on any atom is 0.408 e. The molecule has 2 N–H and O–H groups in total. The molecule has 0 spiro atoms. The van der Waals surface area contributed by atoms with Gasteiger partial charge in [0.1, 0.15) is 22.7 Å². The van der Waals surface area contributed by atoms with Crippen LogP contribution in [0.15, 0.2) is 24.3 Å². The van der Waals surface area contributed by atoms with Crippen LogP contribution >= 0.6 is 25.1 Å². The highest BCUT2D eigenvalue weighted by Crippen LogP contribution is 2.24. The zero-order chi connectivity index (χ0) is 22.1. The first-order valence-corrected chi connectivity index (χ1v) is 8.55. The molecule has 6 nitrogen and oxygen atoms in total. The van der Waals surface area contributed by atoms with Crippen LogP contribution in [0.5, 0.6) is 0 Å². The van der Waals surface area contributed by atoms with E-state index in [2.05, 4.69) is 5.32 Å². The van der Waals surface area contributed by atoms with Crippen LogP contribution in [-0.2, 0) is 11.8 Å². The maximum absolute atomic E-state index is 13.3. The van der Waals surface area contributed by atoms with E-state index in [1.54, 1.807) is 0 Å². The molecule has 0 radical (unpaired) electrons. The third kappa shape index (κ3) is 5.54. The van der Waals surface area contributed by atoms with Crippen molar-refractivity contribution in [3.8, 4) is 0 Å². The summed E-state index contributed by atoms with van der Waals surface area (Å²) in [5, 5.41) is 3.72. The zero-order valence-corrected chi connectivity index (χ0v) is 17.7. The largest absolute Gasteiger partial charge is 0.408 e. The van der Waals surface area contributed by atoms with Gasteiger partial charge in [-0.2, -0.15) is 26.7 Å². The number of aryl methyl sites for hydroxylation is 1. The van der Waals surface area contributed by atoms with Gasteiger partial charge in [0, 0.05) is 12.7 Å². The molecule has 2 aromatic rings. The third-order valence-electron chi connectivity index (χ3n) is 4.10. The van der Waals surface area contributed by atoms with Crippen molar-refractivity contribution >= 4 is 48.4 Å². The second kappa shape index (κ2) is 9.52. The van der Waals surface area contributed by atoms with Gasteiger partial charge in [0.25, 0.3) is 17.6 Å². The molecule has 0 aliphatic carbocycles. The fraction of sp³-hybridized carbons (Fsp3) is 0.278. The molecule has 1 aromatic carbocycles. The summed E-state index contributed by atoms with van der Waals surface area (Å²) in [4.78, 5) is 36.5. The number of carbonyl (C=O) groups is 3. The van der Waals surface area contributed by atoms with Crippen LogP contribution in [0.3, 0.4) is 0 Å². The number of rotatable bonds is 5. The molecule has 0 aliphatic rings. The van der Waals surface area contributed by atoms with E-state index in [1.165, 1.54) is 31.4 Å². The van der Waals surface area contributed by atoms with E-state index in [0.717, 1.165) is 16.7 Å². The van der Waals surface area contributed by atoms with Gasteiger partial charge >= 0.3 is 6.18 Å². The van der Waals surface area contributed by atoms with Crippen molar-refractivity contribution in [1.82, 2.24) is 9.88 Å². The number of nitrogens with one attached hydrogen (secondary N) is 2. The van der Waals surface area contributed by atoms with Gasteiger partial charge in [-0.15, -0.1) is 0 Å². The van der Waals surface area contributed by atoms with Gasteiger partial charge in [-0.3, -0.25) is 14.4 Å². The standard InChI is InChI=1S/C18H16ClF4N3O3.H2S/c1-8-6-10(4-5-12(8)20)25-16(28)13-7-11(15(19)26(13)3)14(27)17(29)24-9(2)18(21,22)23;/h4-7,9H,1-3H3,(H,24,29)(H,25,28);1H2/t9-;/m0./s1. The van der Waals surface area contributed by atoms with Crippen LogP contribution in [0.2, 0.25) is 5.15 Å². The van der Waals surface area contributed by atoms with Gasteiger partial charge in [-0.1, -0.05) is 11.6 Å². The Balaban J connectivity index is 0.00000450. The number of Topliss-reactive ketones (excluding diaryl/α,β-unsaturated/α-hetero) is 1. The summed E-state index contributed by atoms with van der Waals surface area (Å²) in [6, 6.07) is 2.61. The van der Waals surface area contributed by atoms with Crippen LogP contribution in [0.25, 0.3) is 0 Å².